The molecular weight excluding hydrogens is 378 g/mol. The summed E-state index contributed by atoms with van der Waals surface area (Å²) in [4.78, 5) is 8.48. The SMILES string of the molecule is CC1(C)O[C@@H]2[C@@H](Cc3ccc(Cl)cc3)C[C@@H](n3ncc4c(N)ncnc43)[C@@H]2O1. The van der Waals surface area contributed by atoms with Crippen molar-refractivity contribution in [3.05, 3.63) is 47.4 Å². The van der Waals surface area contributed by atoms with Crippen LogP contribution in [0.25, 0.3) is 11.0 Å². The molecule has 7 nitrogen and oxygen atoms in total. The third-order valence-electron chi connectivity index (χ3n) is 5.70. The van der Waals surface area contributed by atoms with Crippen molar-refractivity contribution in [3.63, 3.8) is 0 Å². The first-order valence-electron chi connectivity index (χ1n) is 9.45. The summed E-state index contributed by atoms with van der Waals surface area (Å²) in [6.45, 7) is 3.92. The summed E-state index contributed by atoms with van der Waals surface area (Å²) in [6.07, 6.45) is 4.89. The van der Waals surface area contributed by atoms with Crippen molar-refractivity contribution < 1.29 is 9.47 Å². The van der Waals surface area contributed by atoms with Crippen molar-refractivity contribution in [1.29, 1.82) is 0 Å². The van der Waals surface area contributed by atoms with Crippen LogP contribution in [-0.4, -0.2) is 37.7 Å². The largest absolute Gasteiger partial charge is 0.383 e. The van der Waals surface area contributed by atoms with E-state index in [-0.39, 0.29) is 18.2 Å². The Morgan fingerprint density at radius 2 is 1.93 bits per heavy atom. The zero-order valence-corrected chi connectivity index (χ0v) is 16.5. The Bertz CT molecular complexity index is 1020. The van der Waals surface area contributed by atoms with Gasteiger partial charge in [0.2, 0.25) is 0 Å². The van der Waals surface area contributed by atoms with Gasteiger partial charge in [0, 0.05) is 5.02 Å². The summed E-state index contributed by atoms with van der Waals surface area (Å²) >= 11 is 6.04. The Morgan fingerprint density at radius 1 is 1.18 bits per heavy atom. The van der Waals surface area contributed by atoms with Crippen LogP contribution in [0.4, 0.5) is 5.82 Å². The number of anilines is 1. The molecule has 1 aromatic carbocycles. The van der Waals surface area contributed by atoms with E-state index in [9.17, 15) is 0 Å². The number of rotatable bonds is 3. The number of nitrogens with zero attached hydrogens (tertiary/aromatic N) is 4. The van der Waals surface area contributed by atoms with Crippen molar-refractivity contribution >= 4 is 28.5 Å². The number of hydrogen-bond acceptors (Lipinski definition) is 6. The van der Waals surface area contributed by atoms with Crippen molar-refractivity contribution in [2.24, 2.45) is 5.92 Å². The van der Waals surface area contributed by atoms with E-state index in [0.717, 1.165) is 28.9 Å². The first kappa shape index (κ1) is 17.8. The van der Waals surface area contributed by atoms with Gasteiger partial charge in [0.15, 0.2) is 11.4 Å². The summed E-state index contributed by atoms with van der Waals surface area (Å²) in [7, 11) is 0. The minimum atomic E-state index is -0.622. The molecule has 2 aromatic heterocycles. The molecule has 28 heavy (non-hydrogen) atoms. The summed E-state index contributed by atoms with van der Waals surface area (Å²) < 4.78 is 14.5. The van der Waals surface area contributed by atoms with E-state index in [1.54, 1.807) is 6.20 Å². The van der Waals surface area contributed by atoms with E-state index in [1.807, 2.05) is 30.7 Å². The third-order valence-corrected chi connectivity index (χ3v) is 5.95. The predicted octanol–water partition coefficient (Wildman–Crippen LogP) is 3.39. The molecule has 3 heterocycles. The smallest absolute Gasteiger partial charge is 0.163 e. The molecule has 1 saturated carbocycles. The number of nitrogens with two attached hydrogens (primary N) is 1. The lowest BCUT2D eigenvalue weighted by atomic mass is 9.96. The fourth-order valence-corrected chi connectivity index (χ4v) is 4.67. The lowest BCUT2D eigenvalue weighted by molar-refractivity contribution is -0.160. The zero-order valence-electron chi connectivity index (χ0n) is 15.7. The molecule has 1 saturated heterocycles. The molecule has 8 heteroatoms. The number of halogens is 1. The molecule has 0 unspecified atom stereocenters. The summed E-state index contributed by atoms with van der Waals surface area (Å²) in [5.74, 6) is 0.118. The number of ether oxygens (including phenoxy) is 2. The van der Waals surface area contributed by atoms with Gasteiger partial charge in [-0.1, -0.05) is 23.7 Å². The molecule has 5 rings (SSSR count). The number of fused-ring (bicyclic) bond motifs is 2. The van der Waals surface area contributed by atoms with E-state index in [4.69, 9.17) is 26.8 Å². The Morgan fingerprint density at radius 3 is 2.71 bits per heavy atom. The zero-order chi connectivity index (χ0) is 19.5. The molecular formula is C20H22ClN5O2. The van der Waals surface area contributed by atoms with Gasteiger partial charge in [-0.15, -0.1) is 0 Å². The monoisotopic (exact) mass is 399 g/mol. The molecule has 0 bridgehead atoms. The molecule has 146 valence electrons. The van der Waals surface area contributed by atoms with Gasteiger partial charge in [0.25, 0.3) is 0 Å². The number of hydrogen-bond donors (Lipinski definition) is 1. The quantitative estimate of drug-likeness (QED) is 0.726. The lowest BCUT2D eigenvalue weighted by Crippen LogP contribution is -2.28. The average Bonchev–Trinajstić information content (AvgIpc) is 3.30. The second kappa shape index (κ2) is 6.40. The number of nitrogen functional groups attached to an aromatic ring is 1. The van der Waals surface area contributed by atoms with Crippen LogP contribution >= 0.6 is 11.6 Å². The Labute approximate surface area is 167 Å². The van der Waals surface area contributed by atoms with Crippen LogP contribution in [0.15, 0.2) is 36.8 Å². The predicted molar refractivity (Wildman–Crippen MR) is 106 cm³/mol. The van der Waals surface area contributed by atoms with Crippen molar-refractivity contribution in [2.75, 3.05) is 5.73 Å². The van der Waals surface area contributed by atoms with Crippen LogP contribution in [0.1, 0.15) is 31.9 Å². The van der Waals surface area contributed by atoms with Crippen LogP contribution in [0.5, 0.6) is 0 Å². The number of benzene rings is 1. The summed E-state index contributed by atoms with van der Waals surface area (Å²) in [5.41, 5.74) is 7.96. The first-order chi connectivity index (χ1) is 13.4. The van der Waals surface area contributed by atoms with Gasteiger partial charge in [-0.3, -0.25) is 0 Å². The fourth-order valence-electron chi connectivity index (χ4n) is 4.54. The van der Waals surface area contributed by atoms with Crippen LogP contribution in [0.3, 0.4) is 0 Å². The lowest BCUT2D eigenvalue weighted by Gasteiger charge is -2.24. The molecule has 1 aliphatic heterocycles. The van der Waals surface area contributed by atoms with E-state index in [2.05, 4.69) is 27.2 Å². The van der Waals surface area contributed by atoms with Gasteiger partial charge in [-0.2, -0.15) is 5.10 Å². The van der Waals surface area contributed by atoms with Gasteiger partial charge in [0.05, 0.1) is 23.7 Å². The van der Waals surface area contributed by atoms with E-state index in [0.29, 0.717) is 11.7 Å². The second-order valence-corrected chi connectivity index (χ2v) is 8.48. The fraction of sp³-hybridized carbons (Fsp3) is 0.450. The summed E-state index contributed by atoms with van der Waals surface area (Å²) in [6, 6.07) is 8.02. The molecule has 0 spiro atoms. The minimum Gasteiger partial charge on any atom is -0.383 e. The average molecular weight is 400 g/mol. The van der Waals surface area contributed by atoms with Crippen LogP contribution < -0.4 is 5.73 Å². The first-order valence-corrected chi connectivity index (χ1v) is 9.83. The van der Waals surface area contributed by atoms with Gasteiger partial charge >= 0.3 is 0 Å². The molecule has 0 amide bonds. The standard InChI is InChI=1S/C20H22ClN5O2/c1-20(2)27-16-12(7-11-3-5-13(21)6-4-11)8-15(17(16)28-20)26-19-14(9-25-26)18(22)23-10-24-19/h3-6,9-10,12,15-17H,7-8H2,1-2H3,(H2,22,23,24)/t12-,15+,16+,17-/m0/s1. The van der Waals surface area contributed by atoms with Gasteiger partial charge in [-0.25, -0.2) is 14.6 Å². The van der Waals surface area contributed by atoms with E-state index >= 15 is 0 Å². The Balaban J connectivity index is 1.50. The maximum atomic E-state index is 6.30. The third kappa shape index (κ3) is 2.94. The maximum Gasteiger partial charge on any atom is 0.163 e. The highest BCUT2D eigenvalue weighted by Gasteiger charge is 2.55. The molecule has 4 atom stereocenters. The van der Waals surface area contributed by atoms with Gasteiger partial charge < -0.3 is 15.2 Å². The highest BCUT2D eigenvalue weighted by molar-refractivity contribution is 6.30. The molecule has 1 aliphatic carbocycles. The van der Waals surface area contributed by atoms with Crippen molar-refractivity contribution in [3.8, 4) is 0 Å². The van der Waals surface area contributed by atoms with E-state index in [1.165, 1.54) is 11.9 Å². The molecule has 0 radical (unpaired) electrons. The van der Waals surface area contributed by atoms with Crippen LogP contribution in [0.2, 0.25) is 5.02 Å². The maximum absolute atomic E-state index is 6.30. The highest BCUT2D eigenvalue weighted by Crippen LogP contribution is 2.48. The normalized spacial score (nSPS) is 28.7. The highest BCUT2D eigenvalue weighted by atomic mass is 35.5. The van der Waals surface area contributed by atoms with Crippen LogP contribution in [0, 0.1) is 5.92 Å². The molecule has 2 fully saturated rings. The molecule has 2 N–H and O–H groups in total. The van der Waals surface area contributed by atoms with E-state index < -0.39 is 5.79 Å². The number of aromatic nitrogens is 4. The van der Waals surface area contributed by atoms with Crippen molar-refractivity contribution in [1.82, 2.24) is 19.7 Å². The molecule has 3 aromatic rings. The Kier molecular flexibility index (Phi) is 4.08. The Hall–Kier alpha value is -2.22. The second-order valence-electron chi connectivity index (χ2n) is 8.04. The van der Waals surface area contributed by atoms with Crippen LogP contribution in [-0.2, 0) is 15.9 Å². The topological polar surface area (TPSA) is 88.1 Å². The minimum absolute atomic E-state index is 0.00545. The van der Waals surface area contributed by atoms with Crippen molar-refractivity contribution in [2.45, 2.75) is 50.7 Å². The van der Waals surface area contributed by atoms with Gasteiger partial charge in [-0.05, 0) is 50.3 Å². The van der Waals surface area contributed by atoms with Gasteiger partial charge in [0.1, 0.15) is 18.2 Å². The molecule has 2 aliphatic rings. The summed E-state index contributed by atoms with van der Waals surface area (Å²) in [5, 5.41) is 6.09.